The number of rotatable bonds is 5. The fourth-order valence-corrected chi connectivity index (χ4v) is 2.96. The summed E-state index contributed by atoms with van der Waals surface area (Å²) in [6.07, 6.45) is 0. The molecule has 0 saturated heterocycles. The van der Waals surface area contributed by atoms with Gasteiger partial charge in [0.1, 0.15) is 5.75 Å². The average molecular weight is 292 g/mol. The van der Waals surface area contributed by atoms with Crippen LogP contribution in [0.25, 0.3) is 0 Å². The molecule has 0 spiro atoms. The molecule has 5 nitrogen and oxygen atoms in total. The first-order valence-electron chi connectivity index (χ1n) is 5.24. The maximum Gasteiger partial charge on any atom is 0.321 e. The first kappa shape index (κ1) is 14.8. The van der Waals surface area contributed by atoms with Crippen molar-refractivity contribution in [3.63, 3.8) is 0 Å². The van der Waals surface area contributed by atoms with Gasteiger partial charge in [-0.2, -0.15) is 0 Å². The molecule has 7 heteroatoms. The Hall–Kier alpha value is -1.27. The molecule has 0 bridgehead atoms. The number of carbonyl (C=O) groups is 1. The molecule has 0 unspecified atom stereocenters. The van der Waals surface area contributed by atoms with Gasteiger partial charge in [-0.3, -0.25) is 4.79 Å². The first-order valence-corrected chi connectivity index (χ1v) is 7.44. The molecule has 1 aromatic rings. The van der Waals surface area contributed by atoms with Crippen molar-refractivity contribution in [2.45, 2.75) is 12.7 Å². The lowest BCUT2D eigenvalue weighted by Gasteiger charge is -2.06. The smallest absolute Gasteiger partial charge is 0.321 e. The second-order valence-corrected chi connectivity index (χ2v) is 6.16. The molecule has 0 aliphatic rings. The minimum Gasteiger partial charge on any atom is -0.465 e. The molecule has 100 valence electrons. The maximum absolute atomic E-state index is 11.7. The number of anilines is 1. The van der Waals surface area contributed by atoms with Crippen LogP contribution in [0.2, 0.25) is 5.02 Å². The summed E-state index contributed by atoms with van der Waals surface area (Å²) in [6, 6.07) is 4.55. The summed E-state index contributed by atoms with van der Waals surface area (Å²) in [5.74, 6) is -1.73. The molecular weight excluding hydrogens is 278 g/mol. The molecule has 0 fully saturated rings. The van der Waals surface area contributed by atoms with Crippen molar-refractivity contribution >= 4 is 33.1 Å². The number of benzene rings is 1. The van der Waals surface area contributed by atoms with E-state index in [1.165, 1.54) is 12.1 Å². The summed E-state index contributed by atoms with van der Waals surface area (Å²) in [7, 11) is -3.59. The van der Waals surface area contributed by atoms with Gasteiger partial charge in [0.05, 0.1) is 12.4 Å². The van der Waals surface area contributed by atoms with Gasteiger partial charge < -0.3 is 10.5 Å². The minimum absolute atomic E-state index is 0.150. The molecule has 0 amide bonds. The van der Waals surface area contributed by atoms with Gasteiger partial charge in [0.2, 0.25) is 0 Å². The molecule has 0 saturated carbocycles. The predicted octanol–water partition coefficient (Wildman–Crippen LogP) is 1.40. The van der Waals surface area contributed by atoms with Crippen molar-refractivity contribution in [2.24, 2.45) is 0 Å². The topological polar surface area (TPSA) is 86.5 Å². The highest BCUT2D eigenvalue weighted by Gasteiger charge is 2.19. The van der Waals surface area contributed by atoms with Gasteiger partial charge in [0.15, 0.2) is 9.84 Å². The van der Waals surface area contributed by atoms with E-state index in [0.29, 0.717) is 11.3 Å². The van der Waals surface area contributed by atoms with E-state index >= 15 is 0 Å². The van der Waals surface area contributed by atoms with Crippen LogP contribution >= 0.6 is 11.6 Å². The molecule has 1 rings (SSSR count). The average Bonchev–Trinajstić information content (AvgIpc) is 2.21. The number of sulfone groups is 1. The molecule has 0 aliphatic heterocycles. The number of halogens is 1. The fraction of sp³-hybridized carbons (Fsp3) is 0.364. The lowest BCUT2D eigenvalue weighted by atomic mass is 10.2. The molecule has 0 heterocycles. The zero-order valence-electron chi connectivity index (χ0n) is 9.85. The van der Waals surface area contributed by atoms with Crippen LogP contribution < -0.4 is 5.73 Å². The maximum atomic E-state index is 11.7. The molecule has 1 aromatic carbocycles. The standard InChI is InChI=1S/C11H14ClNO4S/c1-2-17-11(14)7-18(15,16)6-8-3-4-9(13)5-10(8)12/h3-5H,2,6-7,13H2,1H3. The van der Waals surface area contributed by atoms with E-state index in [0.717, 1.165) is 0 Å². The van der Waals surface area contributed by atoms with Crippen LogP contribution in [-0.2, 0) is 25.1 Å². The third kappa shape index (κ3) is 4.54. The van der Waals surface area contributed by atoms with Crippen molar-refractivity contribution in [3.8, 4) is 0 Å². The van der Waals surface area contributed by atoms with Gasteiger partial charge in [0, 0.05) is 10.7 Å². The van der Waals surface area contributed by atoms with Gasteiger partial charge in [-0.15, -0.1) is 0 Å². The molecule has 0 aliphatic carbocycles. The van der Waals surface area contributed by atoms with Crippen LogP contribution in [0.5, 0.6) is 0 Å². The summed E-state index contributed by atoms with van der Waals surface area (Å²) < 4.78 is 28.1. The van der Waals surface area contributed by atoms with Crippen LogP contribution in [0.3, 0.4) is 0 Å². The Labute approximate surface area is 111 Å². The van der Waals surface area contributed by atoms with Gasteiger partial charge in [-0.05, 0) is 24.6 Å². The van der Waals surface area contributed by atoms with Crippen molar-refractivity contribution < 1.29 is 17.9 Å². The highest BCUT2D eigenvalue weighted by Crippen LogP contribution is 2.21. The number of hydrogen-bond acceptors (Lipinski definition) is 5. The van der Waals surface area contributed by atoms with Crippen LogP contribution in [0.15, 0.2) is 18.2 Å². The molecule has 2 N–H and O–H groups in total. The Morgan fingerprint density at radius 1 is 1.44 bits per heavy atom. The Kier molecular flexibility index (Phi) is 4.98. The summed E-state index contributed by atoms with van der Waals surface area (Å²) in [5, 5.41) is 0.266. The molecule has 0 radical (unpaired) electrons. The third-order valence-electron chi connectivity index (χ3n) is 2.10. The van der Waals surface area contributed by atoms with Gasteiger partial charge in [-0.1, -0.05) is 17.7 Å². The highest BCUT2D eigenvalue weighted by atomic mass is 35.5. The summed E-state index contributed by atoms with van der Waals surface area (Å²) >= 11 is 5.87. The lowest BCUT2D eigenvalue weighted by molar-refractivity contribution is -0.139. The number of nitrogens with two attached hydrogens (primary N) is 1. The van der Waals surface area contributed by atoms with E-state index in [9.17, 15) is 13.2 Å². The summed E-state index contributed by atoms with van der Waals surface area (Å²) in [5.41, 5.74) is 6.37. The number of nitrogen functional groups attached to an aromatic ring is 1. The molecule has 0 atom stereocenters. The number of ether oxygens (including phenoxy) is 1. The van der Waals surface area contributed by atoms with Gasteiger partial charge >= 0.3 is 5.97 Å². The fourth-order valence-electron chi connectivity index (χ4n) is 1.35. The Balaban J connectivity index is 2.79. The minimum atomic E-state index is -3.59. The van der Waals surface area contributed by atoms with Crippen LogP contribution in [-0.4, -0.2) is 26.7 Å². The van der Waals surface area contributed by atoms with E-state index in [1.54, 1.807) is 13.0 Å². The van der Waals surface area contributed by atoms with E-state index < -0.39 is 21.6 Å². The van der Waals surface area contributed by atoms with Gasteiger partial charge in [0.25, 0.3) is 0 Å². The van der Waals surface area contributed by atoms with E-state index in [-0.39, 0.29) is 17.4 Å². The monoisotopic (exact) mass is 291 g/mol. The normalized spacial score (nSPS) is 11.2. The Morgan fingerprint density at radius 2 is 2.11 bits per heavy atom. The van der Waals surface area contributed by atoms with E-state index in [2.05, 4.69) is 4.74 Å². The molecular formula is C11H14ClNO4S. The van der Waals surface area contributed by atoms with E-state index in [4.69, 9.17) is 17.3 Å². The Morgan fingerprint density at radius 3 is 2.67 bits per heavy atom. The second kappa shape index (κ2) is 6.06. The molecule has 0 aromatic heterocycles. The third-order valence-corrected chi connectivity index (χ3v) is 3.87. The predicted molar refractivity (Wildman–Crippen MR) is 70.0 cm³/mol. The number of esters is 1. The van der Waals surface area contributed by atoms with Crippen LogP contribution in [0.4, 0.5) is 5.69 Å². The van der Waals surface area contributed by atoms with Crippen molar-refractivity contribution in [1.82, 2.24) is 0 Å². The quantitative estimate of drug-likeness (QED) is 0.654. The second-order valence-electron chi connectivity index (χ2n) is 3.69. The van der Waals surface area contributed by atoms with Crippen LogP contribution in [0, 0.1) is 0 Å². The van der Waals surface area contributed by atoms with Gasteiger partial charge in [-0.25, -0.2) is 8.42 Å². The van der Waals surface area contributed by atoms with Crippen molar-refractivity contribution in [2.75, 3.05) is 18.1 Å². The zero-order valence-corrected chi connectivity index (χ0v) is 11.4. The number of carbonyl (C=O) groups excluding carboxylic acids is 1. The lowest BCUT2D eigenvalue weighted by Crippen LogP contribution is -2.20. The van der Waals surface area contributed by atoms with E-state index in [1.807, 2.05) is 0 Å². The van der Waals surface area contributed by atoms with Crippen molar-refractivity contribution in [1.29, 1.82) is 0 Å². The number of hydrogen-bond donors (Lipinski definition) is 1. The SMILES string of the molecule is CCOC(=O)CS(=O)(=O)Cc1ccc(N)cc1Cl. The zero-order chi connectivity index (χ0) is 13.8. The first-order chi connectivity index (χ1) is 8.34. The summed E-state index contributed by atoms with van der Waals surface area (Å²) in [6.45, 7) is 1.76. The largest absolute Gasteiger partial charge is 0.465 e. The van der Waals surface area contributed by atoms with Crippen LogP contribution in [0.1, 0.15) is 12.5 Å². The molecule has 18 heavy (non-hydrogen) atoms. The summed E-state index contributed by atoms with van der Waals surface area (Å²) in [4.78, 5) is 11.1. The highest BCUT2D eigenvalue weighted by molar-refractivity contribution is 7.91. The van der Waals surface area contributed by atoms with Crippen molar-refractivity contribution in [3.05, 3.63) is 28.8 Å². The Bertz CT molecular complexity index is 542.